The first kappa shape index (κ1) is 30.7. The van der Waals surface area contributed by atoms with E-state index in [9.17, 15) is 9.59 Å². The van der Waals surface area contributed by atoms with Gasteiger partial charge in [-0.3, -0.25) is 9.59 Å². The van der Waals surface area contributed by atoms with Crippen LogP contribution in [0, 0.1) is 0 Å². The molecule has 3 rings (SSSR count). The lowest BCUT2D eigenvalue weighted by atomic mass is 9.87. The summed E-state index contributed by atoms with van der Waals surface area (Å²) < 4.78 is 6.77. The van der Waals surface area contributed by atoms with Crippen molar-refractivity contribution in [1.82, 2.24) is 10.2 Å². The molecule has 0 saturated heterocycles. The Kier molecular flexibility index (Phi) is 11.4. The van der Waals surface area contributed by atoms with E-state index in [0.29, 0.717) is 23.7 Å². The van der Waals surface area contributed by atoms with Crippen molar-refractivity contribution in [3.8, 4) is 5.75 Å². The number of halogens is 2. The molecule has 0 unspecified atom stereocenters. The van der Waals surface area contributed by atoms with Crippen molar-refractivity contribution >= 4 is 39.3 Å². The highest BCUT2D eigenvalue weighted by Crippen LogP contribution is 2.31. The van der Waals surface area contributed by atoms with Crippen LogP contribution in [0.3, 0.4) is 0 Å². The van der Waals surface area contributed by atoms with E-state index < -0.39 is 6.04 Å². The fraction of sp³-hybridized carbons (Fsp3) is 0.375. The van der Waals surface area contributed by atoms with Gasteiger partial charge in [-0.05, 0) is 62.7 Å². The second kappa shape index (κ2) is 14.5. The largest absolute Gasteiger partial charge is 0.483 e. The van der Waals surface area contributed by atoms with Gasteiger partial charge < -0.3 is 15.0 Å². The van der Waals surface area contributed by atoms with Gasteiger partial charge in [-0.15, -0.1) is 0 Å². The highest BCUT2D eigenvalue weighted by atomic mass is 79.9. The molecule has 3 aromatic carbocycles. The van der Waals surface area contributed by atoms with Crippen LogP contribution in [0.15, 0.2) is 77.3 Å². The van der Waals surface area contributed by atoms with Crippen LogP contribution in [-0.2, 0) is 28.0 Å². The Morgan fingerprint density at radius 2 is 1.72 bits per heavy atom. The van der Waals surface area contributed by atoms with E-state index in [1.807, 2.05) is 66.7 Å². The number of nitrogens with one attached hydrogen (secondary N) is 1. The summed E-state index contributed by atoms with van der Waals surface area (Å²) in [5, 5.41) is 3.57. The van der Waals surface area contributed by atoms with Gasteiger partial charge in [0, 0.05) is 24.5 Å². The van der Waals surface area contributed by atoms with E-state index in [1.165, 1.54) is 0 Å². The minimum atomic E-state index is -0.733. The molecule has 5 nitrogen and oxygen atoms in total. The molecule has 0 saturated carbocycles. The normalized spacial score (nSPS) is 12.1. The molecular formula is C32H38BrClN2O3. The molecule has 208 valence electrons. The third-order valence-corrected chi connectivity index (χ3v) is 7.54. The monoisotopic (exact) mass is 612 g/mol. The lowest BCUT2D eigenvalue weighted by Crippen LogP contribution is -2.51. The number of rotatable bonds is 12. The van der Waals surface area contributed by atoms with Crippen LogP contribution in [-0.4, -0.2) is 35.9 Å². The molecule has 0 aliphatic carbocycles. The minimum absolute atomic E-state index is 0.0155. The van der Waals surface area contributed by atoms with Crippen LogP contribution >= 0.6 is 27.5 Å². The van der Waals surface area contributed by atoms with E-state index in [1.54, 1.807) is 11.0 Å². The Hall–Kier alpha value is -2.83. The summed E-state index contributed by atoms with van der Waals surface area (Å²) in [5.74, 6) is 0.0813. The van der Waals surface area contributed by atoms with Crippen LogP contribution in [0.25, 0.3) is 0 Å². The van der Waals surface area contributed by atoms with Gasteiger partial charge in [0.2, 0.25) is 5.91 Å². The van der Waals surface area contributed by atoms with Crippen LogP contribution < -0.4 is 10.1 Å². The van der Waals surface area contributed by atoms with Crippen molar-refractivity contribution in [1.29, 1.82) is 0 Å². The zero-order valence-corrected chi connectivity index (χ0v) is 25.5. The maximum atomic E-state index is 13.8. The van der Waals surface area contributed by atoms with E-state index >= 15 is 0 Å². The van der Waals surface area contributed by atoms with Gasteiger partial charge in [0.15, 0.2) is 6.61 Å². The van der Waals surface area contributed by atoms with E-state index in [0.717, 1.165) is 34.0 Å². The van der Waals surface area contributed by atoms with Crippen LogP contribution in [0.5, 0.6) is 5.75 Å². The highest BCUT2D eigenvalue weighted by molar-refractivity contribution is 9.10. The van der Waals surface area contributed by atoms with E-state index in [-0.39, 0.29) is 30.4 Å². The Bertz CT molecular complexity index is 1240. The highest BCUT2D eigenvalue weighted by Gasteiger charge is 2.31. The molecule has 1 atom stereocenters. The number of unbranched alkanes of at least 4 members (excludes halogenated alkanes) is 1. The summed E-state index contributed by atoms with van der Waals surface area (Å²) in [6.45, 7) is 9.02. The smallest absolute Gasteiger partial charge is 0.261 e. The van der Waals surface area contributed by atoms with Crippen molar-refractivity contribution in [2.75, 3.05) is 13.2 Å². The summed E-state index contributed by atoms with van der Waals surface area (Å²) in [6.07, 6.45) is 2.20. The third kappa shape index (κ3) is 9.11. The van der Waals surface area contributed by atoms with Crippen molar-refractivity contribution < 1.29 is 14.3 Å². The number of hydrogen-bond acceptors (Lipinski definition) is 3. The van der Waals surface area contributed by atoms with Gasteiger partial charge in [-0.2, -0.15) is 0 Å². The predicted molar refractivity (Wildman–Crippen MR) is 162 cm³/mol. The molecule has 0 aliphatic rings. The number of carbonyl (C=O) groups is 2. The third-order valence-electron chi connectivity index (χ3n) is 6.55. The van der Waals surface area contributed by atoms with E-state index in [2.05, 4.69) is 48.9 Å². The van der Waals surface area contributed by atoms with Crippen molar-refractivity contribution in [2.24, 2.45) is 0 Å². The Morgan fingerprint density at radius 3 is 2.36 bits per heavy atom. The molecule has 0 bridgehead atoms. The number of amides is 2. The number of hydrogen-bond donors (Lipinski definition) is 1. The Labute approximate surface area is 246 Å². The second-order valence-electron chi connectivity index (χ2n) is 10.6. The lowest BCUT2D eigenvalue weighted by molar-refractivity contribution is -0.142. The molecular weight excluding hydrogens is 576 g/mol. The average Bonchev–Trinajstić information content (AvgIpc) is 2.91. The SMILES string of the molecule is CCCCNC(=O)[C@@H](Cc1ccccc1)N(Cc1ccccc1Cl)C(=O)COc1ccc(C(C)(C)C)cc1Br. The Morgan fingerprint density at radius 1 is 1.03 bits per heavy atom. The van der Waals surface area contributed by atoms with Crippen LogP contribution in [0.2, 0.25) is 5.02 Å². The molecule has 0 aliphatic heterocycles. The Balaban J connectivity index is 1.90. The van der Waals surface area contributed by atoms with Gasteiger partial charge in [0.05, 0.1) is 4.47 Å². The zero-order chi connectivity index (χ0) is 28.4. The molecule has 7 heteroatoms. The molecule has 0 spiro atoms. The molecule has 0 fully saturated rings. The van der Waals surface area contributed by atoms with Crippen molar-refractivity contribution in [3.63, 3.8) is 0 Å². The fourth-order valence-corrected chi connectivity index (χ4v) is 4.87. The molecule has 3 aromatic rings. The summed E-state index contributed by atoms with van der Waals surface area (Å²) in [7, 11) is 0. The summed E-state index contributed by atoms with van der Waals surface area (Å²) >= 11 is 10.1. The van der Waals surface area contributed by atoms with Gasteiger partial charge in [0.25, 0.3) is 5.91 Å². The maximum absolute atomic E-state index is 13.8. The lowest BCUT2D eigenvalue weighted by Gasteiger charge is -2.32. The minimum Gasteiger partial charge on any atom is -0.483 e. The molecule has 1 N–H and O–H groups in total. The quantitative estimate of drug-likeness (QED) is 0.218. The first-order valence-electron chi connectivity index (χ1n) is 13.4. The number of nitrogens with zero attached hydrogens (tertiary/aromatic N) is 1. The standard InChI is InChI=1S/C32H38BrClN2O3/c1-5-6-18-35-31(38)28(19-23-12-8-7-9-13-23)36(21-24-14-10-11-15-27(24)34)30(37)22-39-29-17-16-25(20-26(29)33)32(2,3)4/h7-17,20,28H,5-6,18-19,21-22H2,1-4H3,(H,35,38)/t28-/m1/s1. The topological polar surface area (TPSA) is 58.6 Å². The number of benzene rings is 3. The van der Waals surface area contributed by atoms with Crippen LogP contribution in [0.1, 0.15) is 57.2 Å². The molecule has 0 aromatic heterocycles. The molecule has 2 amide bonds. The fourth-order valence-electron chi connectivity index (χ4n) is 4.18. The molecule has 0 heterocycles. The summed E-state index contributed by atoms with van der Waals surface area (Å²) in [4.78, 5) is 28.9. The van der Waals surface area contributed by atoms with Gasteiger partial charge in [-0.1, -0.05) is 100 Å². The first-order chi connectivity index (χ1) is 18.6. The van der Waals surface area contributed by atoms with E-state index in [4.69, 9.17) is 16.3 Å². The van der Waals surface area contributed by atoms with Gasteiger partial charge >= 0.3 is 0 Å². The number of carbonyl (C=O) groups excluding carboxylic acids is 2. The summed E-state index contributed by atoms with van der Waals surface area (Å²) in [6, 6.07) is 22.3. The predicted octanol–water partition coefficient (Wildman–Crippen LogP) is 7.34. The van der Waals surface area contributed by atoms with Crippen LogP contribution in [0.4, 0.5) is 0 Å². The molecule has 39 heavy (non-hydrogen) atoms. The molecule has 0 radical (unpaired) electrons. The number of ether oxygens (including phenoxy) is 1. The van der Waals surface area contributed by atoms with Crippen molar-refractivity contribution in [2.45, 2.75) is 65.0 Å². The van der Waals surface area contributed by atoms with Crippen molar-refractivity contribution in [3.05, 3.63) is 99.0 Å². The second-order valence-corrected chi connectivity index (χ2v) is 11.9. The first-order valence-corrected chi connectivity index (χ1v) is 14.5. The van der Waals surface area contributed by atoms with Gasteiger partial charge in [0.1, 0.15) is 11.8 Å². The maximum Gasteiger partial charge on any atom is 0.261 e. The average molecular weight is 614 g/mol. The zero-order valence-electron chi connectivity index (χ0n) is 23.2. The summed E-state index contributed by atoms with van der Waals surface area (Å²) in [5.41, 5.74) is 2.87. The van der Waals surface area contributed by atoms with Gasteiger partial charge in [-0.25, -0.2) is 0 Å².